The monoisotopic (exact) mass is 211 g/mol. The summed E-state index contributed by atoms with van der Waals surface area (Å²) in [7, 11) is 0. The molecule has 1 aromatic carbocycles. The molecule has 0 unspecified atom stereocenters. The van der Waals surface area contributed by atoms with Crippen LogP contribution in [0.1, 0.15) is 36.8 Å². The van der Waals surface area contributed by atoms with Crippen LogP contribution in [0.3, 0.4) is 0 Å². The van der Waals surface area contributed by atoms with E-state index >= 15 is 0 Å². The molecule has 0 aliphatic heterocycles. The molecular weight excluding hydrogens is 198 g/mol. The van der Waals surface area contributed by atoms with Crippen LogP contribution in [0.4, 0.5) is 0 Å². The fourth-order valence-electron chi connectivity index (χ4n) is 2.00. The first-order valence-corrected chi connectivity index (χ1v) is 5.51. The molecule has 0 atom stereocenters. The summed E-state index contributed by atoms with van der Waals surface area (Å²) in [4.78, 5) is 0. The van der Waals surface area contributed by atoms with Crippen molar-refractivity contribution in [3.05, 3.63) is 29.3 Å². The van der Waals surface area contributed by atoms with E-state index in [4.69, 9.17) is 16.4 Å². The van der Waals surface area contributed by atoms with Crippen LogP contribution in [0, 0.1) is 23.7 Å². The van der Waals surface area contributed by atoms with Crippen LogP contribution < -0.4 is 4.74 Å². The Kier molecular flexibility index (Phi) is 3.13. The third-order valence-electron chi connectivity index (χ3n) is 2.86. The minimum absolute atomic E-state index is 0.267. The smallest absolute Gasteiger partial charge is 0.137 e. The number of hydrogen-bond donors (Lipinski definition) is 0. The molecule has 16 heavy (non-hydrogen) atoms. The van der Waals surface area contributed by atoms with Crippen LogP contribution >= 0.6 is 0 Å². The van der Waals surface area contributed by atoms with Gasteiger partial charge in [0.25, 0.3) is 0 Å². The fourth-order valence-corrected chi connectivity index (χ4v) is 2.00. The van der Waals surface area contributed by atoms with Crippen molar-refractivity contribution in [1.82, 2.24) is 0 Å². The molecule has 0 radical (unpaired) electrons. The maximum atomic E-state index is 9.01. The normalized spacial score (nSPS) is 15.4. The van der Waals surface area contributed by atoms with E-state index in [1.807, 2.05) is 6.07 Å². The zero-order chi connectivity index (χ0) is 11.4. The molecule has 1 aliphatic carbocycles. The second-order valence-corrected chi connectivity index (χ2v) is 3.99. The van der Waals surface area contributed by atoms with Crippen LogP contribution in [-0.4, -0.2) is 6.10 Å². The lowest BCUT2D eigenvalue weighted by atomic mass is 10.1. The van der Waals surface area contributed by atoms with E-state index in [0.717, 1.165) is 18.4 Å². The molecule has 2 rings (SSSR count). The van der Waals surface area contributed by atoms with Gasteiger partial charge in [-0.3, -0.25) is 0 Å². The highest BCUT2D eigenvalue weighted by Gasteiger charge is 2.17. The number of nitrogens with zero attached hydrogens (tertiary/aromatic N) is 1. The summed E-state index contributed by atoms with van der Waals surface area (Å²) in [6, 6.07) is 7.43. The van der Waals surface area contributed by atoms with Gasteiger partial charge >= 0.3 is 0 Å². The Hall–Kier alpha value is -1.93. The van der Waals surface area contributed by atoms with Gasteiger partial charge in [-0.1, -0.05) is 5.92 Å². The molecule has 1 saturated carbocycles. The maximum absolute atomic E-state index is 9.01. The Morgan fingerprint density at radius 2 is 2.06 bits per heavy atom. The van der Waals surface area contributed by atoms with Gasteiger partial charge in [0.2, 0.25) is 0 Å². The van der Waals surface area contributed by atoms with Crippen LogP contribution in [0.2, 0.25) is 0 Å². The molecule has 0 spiro atoms. The molecule has 80 valence electrons. The largest absolute Gasteiger partial charge is 0.489 e. The average Bonchev–Trinajstić information content (AvgIpc) is 2.82. The predicted molar refractivity (Wildman–Crippen MR) is 62.0 cm³/mol. The van der Waals surface area contributed by atoms with Crippen molar-refractivity contribution in [3.8, 4) is 24.2 Å². The summed E-state index contributed by atoms with van der Waals surface area (Å²) in [5, 5.41) is 9.01. The fraction of sp³-hybridized carbons (Fsp3) is 0.357. The first-order chi connectivity index (χ1) is 7.83. The molecule has 0 saturated heterocycles. The van der Waals surface area contributed by atoms with Crippen LogP contribution in [0.15, 0.2) is 18.2 Å². The minimum Gasteiger partial charge on any atom is -0.489 e. The standard InChI is InChI=1S/C14H13NO/c1-2-11-7-8-14(12(9-11)10-15)16-13-5-3-4-6-13/h1,7-9,13H,3-6H2. The van der Waals surface area contributed by atoms with Gasteiger partial charge in [0.15, 0.2) is 0 Å². The Labute approximate surface area is 95.9 Å². The Morgan fingerprint density at radius 1 is 1.31 bits per heavy atom. The summed E-state index contributed by atoms with van der Waals surface area (Å²) in [5.74, 6) is 3.18. The molecule has 0 N–H and O–H groups in total. The Bertz CT molecular complexity index is 459. The van der Waals surface area contributed by atoms with Crippen LogP contribution in [-0.2, 0) is 0 Å². The predicted octanol–water partition coefficient (Wildman–Crippen LogP) is 2.86. The van der Waals surface area contributed by atoms with Gasteiger partial charge in [0.1, 0.15) is 11.8 Å². The van der Waals surface area contributed by atoms with E-state index in [1.165, 1.54) is 12.8 Å². The highest BCUT2D eigenvalue weighted by molar-refractivity contribution is 5.49. The maximum Gasteiger partial charge on any atom is 0.137 e. The third-order valence-corrected chi connectivity index (χ3v) is 2.86. The third kappa shape index (κ3) is 2.18. The summed E-state index contributed by atoms with van der Waals surface area (Å²) < 4.78 is 5.81. The van der Waals surface area contributed by atoms with Crippen molar-refractivity contribution >= 4 is 0 Å². The van der Waals surface area contributed by atoms with Gasteiger partial charge in [-0.25, -0.2) is 0 Å². The SMILES string of the molecule is C#Cc1ccc(OC2CCCC2)c(C#N)c1. The summed E-state index contributed by atoms with van der Waals surface area (Å²) in [5.41, 5.74) is 1.25. The molecule has 2 nitrogen and oxygen atoms in total. The first-order valence-electron chi connectivity index (χ1n) is 5.51. The van der Waals surface area contributed by atoms with Crippen LogP contribution in [0.5, 0.6) is 5.75 Å². The second kappa shape index (κ2) is 4.73. The lowest BCUT2D eigenvalue weighted by molar-refractivity contribution is 0.209. The zero-order valence-electron chi connectivity index (χ0n) is 9.07. The minimum atomic E-state index is 0.267. The number of ether oxygens (including phenoxy) is 1. The molecule has 0 bridgehead atoms. The number of hydrogen-bond acceptors (Lipinski definition) is 2. The van der Waals surface area contributed by atoms with Crippen molar-refractivity contribution in [2.45, 2.75) is 31.8 Å². The van der Waals surface area contributed by atoms with E-state index in [9.17, 15) is 0 Å². The number of terminal acetylenes is 1. The van der Waals surface area contributed by atoms with E-state index in [-0.39, 0.29) is 6.10 Å². The van der Waals surface area contributed by atoms with Gasteiger partial charge in [0.05, 0.1) is 11.7 Å². The molecule has 1 fully saturated rings. The average molecular weight is 211 g/mol. The summed E-state index contributed by atoms with van der Waals surface area (Å²) >= 11 is 0. The van der Waals surface area contributed by atoms with Crippen molar-refractivity contribution in [1.29, 1.82) is 5.26 Å². The second-order valence-electron chi connectivity index (χ2n) is 3.99. The lowest BCUT2D eigenvalue weighted by Crippen LogP contribution is -2.11. The Balaban J connectivity index is 2.20. The number of nitriles is 1. The molecule has 1 aliphatic rings. The van der Waals surface area contributed by atoms with Crippen molar-refractivity contribution in [2.75, 3.05) is 0 Å². The van der Waals surface area contributed by atoms with Gasteiger partial charge < -0.3 is 4.74 Å². The first kappa shape index (κ1) is 10.6. The van der Waals surface area contributed by atoms with Gasteiger partial charge in [-0.15, -0.1) is 6.42 Å². The van der Waals surface area contributed by atoms with Gasteiger partial charge in [-0.05, 0) is 43.9 Å². The molecule has 0 heterocycles. The Morgan fingerprint density at radius 3 is 2.69 bits per heavy atom. The van der Waals surface area contributed by atoms with Crippen molar-refractivity contribution in [3.63, 3.8) is 0 Å². The van der Waals surface area contributed by atoms with Crippen molar-refractivity contribution < 1.29 is 4.74 Å². The highest BCUT2D eigenvalue weighted by atomic mass is 16.5. The van der Waals surface area contributed by atoms with Gasteiger partial charge in [-0.2, -0.15) is 5.26 Å². The van der Waals surface area contributed by atoms with E-state index in [1.54, 1.807) is 12.1 Å². The van der Waals surface area contributed by atoms with E-state index in [0.29, 0.717) is 11.3 Å². The van der Waals surface area contributed by atoms with E-state index < -0.39 is 0 Å². The topological polar surface area (TPSA) is 33.0 Å². The summed E-state index contributed by atoms with van der Waals surface area (Å²) in [6.45, 7) is 0. The van der Waals surface area contributed by atoms with Gasteiger partial charge in [0, 0.05) is 5.56 Å². The molecule has 0 aromatic heterocycles. The quantitative estimate of drug-likeness (QED) is 0.705. The molecule has 2 heteroatoms. The molecular formula is C14H13NO. The highest BCUT2D eigenvalue weighted by Crippen LogP contribution is 2.26. The number of rotatable bonds is 2. The number of benzene rings is 1. The van der Waals surface area contributed by atoms with Crippen molar-refractivity contribution in [2.24, 2.45) is 0 Å². The molecule has 1 aromatic rings. The summed E-state index contributed by atoms with van der Waals surface area (Å²) in [6.07, 6.45) is 10.2. The lowest BCUT2D eigenvalue weighted by Gasteiger charge is -2.14. The molecule has 0 amide bonds. The van der Waals surface area contributed by atoms with E-state index in [2.05, 4.69) is 12.0 Å². The van der Waals surface area contributed by atoms with Crippen LogP contribution in [0.25, 0.3) is 0 Å². The zero-order valence-corrected chi connectivity index (χ0v) is 9.07.